The van der Waals surface area contributed by atoms with Crippen LogP contribution in [0.25, 0.3) is 0 Å². The van der Waals surface area contributed by atoms with Crippen LogP contribution in [0.2, 0.25) is 5.02 Å². The van der Waals surface area contributed by atoms with Crippen molar-refractivity contribution >= 4 is 29.2 Å². The summed E-state index contributed by atoms with van der Waals surface area (Å²) in [5, 5.41) is 26.2. The van der Waals surface area contributed by atoms with Gasteiger partial charge in [0.05, 0.1) is 22.9 Å². The number of carbonyl (C=O) groups excluding carboxylic acids is 1. The average molecular weight is 421 g/mol. The van der Waals surface area contributed by atoms with E-state index in [2.05, 4.69) is 5.10 Å². The predicted octanol–water partition coefficient (Wildman–Crippen LogP) is 4.74. The van der Waals surface area contributed by atoms with E-state index in [1.807, 2.05) is 12.1 Å². The first-order valence-electron chi connectivity index (χ1n) is 9.23. The van der Waals surface area contributed by atoms with Crippen molar-refractivity contribution in [2.45, 2.75) is 12.5 Å². The van der Waals surface area contributed by atoms with E-state index in [-0.39, 0.29) is 16.9 Å². The van der Waals surface area contributed by atoms with Gasteiger partial charge in [0.25, 0.3) is 5.91 Å². The Kier molecular flexibility index (Phi) is 5.25. The van der Waals surface area contributed by atoms with Crippen LogP contribution < -0.4 is 0 Å². The highest BCUT2D eigenvalue weighted by atomic mass is 35.5. The molecule has 3 aromatic carbocycles. The summed E-state index contributed by atoms with van der Waals surface area (Å²) in [6.07, 6.45) is 0.361. The SMILES string of the molecule is O=C(O)c1ccccc1C(=O)N1N=C(c2ccc(Cl)cc2)C[C@H]1c1ccccc1O. The van der Waals surface area contributed by atoms with Gasteiger partial charge in [-0.05, 0) is 35.9 Å². The molecule has 7 heteroatoms. The molecular weight excluding hydrogens is 404 g/mol. The molecule has 0 radical (unpaired) electrons. The topological polar surface area (TPSA) is 90.2 Å². The number of carboxylic acid groups (broad SMARTS) is 1. The molecule has 0 aliphatic carbocycles. The summed E-state index contributed by atoms with van der Waals surface area (Å²) < 4.78 is 0. The fraction of sp³-hybridized carbons (Fsp3) is 0.0870. The van der Waals surface area contributed by atoms with E-state index in [1.54, 1.807) is 48.5 Å². The fourth-order valence-electron chi connectivity index (χ4n) is 3.51. The van der Waals surface area contributed by atoms with Crippen LogP contribution in [0.4, 0.5) is 0 Å². The smallest absolute Gasteiger partial charge is 0.336 e. The van der Waals surface area contributed by atoms with Gasteiger partial charge in [-0.3, -0.25) is 4.79 Å². The quantitative estimate of drug-likeness (QED) is 0.638. The predicted molar refractivity (Wildman–Crippen MR) is 113 cm³/mol. The molecule has 1 heterocycles. The standard InChI is InChI=1S/C23H17ClN2O4/c24-15-11-9-14(10-12-15)19-13-20(18-7-3-4-8-21(18)27)26(25-19)22(28)16-5-1-2-6-17(16)23(29)30/h1-12,20,27H,13H2,(H,29,30)/t20-/m0/s1. The summed E-state index contributed by atoms with van der Waals surface area (Å²) in [6.45, 7) is 0. The van der Waals surface area contributed by atoms with E-state index in [0.717, 1.165) is 5.56 Å². The zero-order chi connectivity index (χ0) is 21.3. The van der Waals surface area contributed by atoms with Crippen LogP contribution in [0, 0.1) is 0 Å². The number of para-hydroxylation sites is 1. The number of carboxylic acids is 1. The summed E-state index contributed by atoms with van der Waals surface area (Å²) in [7, 11) is 0. The Morgan fingerprint density at radius 3 is 2.23 bits per heavy atom. The maximum absolute atomic E-state index is 13.4. The lowest BCUT2D eigenvalue weighted by molar-refractivity contribution is 0.0660. The van der Waals surface area contributed by atoms with Gasteiger partial charge >= 0.3 is 5.97 Å². The van der Waals surface area contributed by atoms with E-state index in [9.17, 15) is 19.8 Å². The monoisotopic (exact) mass is 420 g/mol. The highest BCUT2D eigenvalue weighted by molar-refractivity contribution is 6.30. The molecule has 0 aromatic heterocycles. The number of amides is 1. The lowest BCUT2D eigenvalue weighted by atomic mass is 9.97. The highest BCUT2D eigenvalue weighted by Gasteiger charge is 2.36. The molecule has 0 unspecified atom stereocenters. The summed E-state index contributed by atoms with van der Waals surface area (Å²) >= 11 is 5.98. The van der Waals surface area contributed by atoms with Crippen molar-refractivity contribution in [3.8, 4) is 5.75 Å². The summed E-state index contributed by atoms with van der Waals surface area (Å²) in [5.41, 5.74) is 1.90. The number of halogens is 1. The average Bonchev–Trinajstić information content (AvgIpc) is 3.19. The molecule has 1 amide bonds. The minimum atomic E-state index is -1.20. The summed E-state index contributed by atoms with van der Waals surface area (Å²) in [4.78, 5) is 25.0. The molecule has 1 aliphatic heterocycles. The van der Waals surface area contributed by atoms with Crippen LogP contribution in [0.5, 0.6) is 5.75 Å². The molecule has 2 N–H and O–H groups in total. The molecule has 0 spiro atoms. The van der Waals surface area contributed by atoms with Gasteiger partial charge < -0.3 is 10.2 Å². The summed E-state index contributed by atoms with van der Waals surface area (Å²) in [5.74, 6) is -1.70. The Morgan fingerprint density at radius 1 is 0.933 bits per heavy atom. The number of hydrazone groups is 1. The van der Waals surface area contributed by atoms with Crippen LogP contribution in [0.3, 0.4) is 0 Å². The molecule has 3 aromatic rings. The highest BCUT2D eigenvalue weighted by Crippen LogP contribution is 2.38. The van der Waals surface area contributed by atoms with Crippen LogP contribution >= 0.6 is 11.6 Å². The van der Waals surface area contributed by atoms with Crippen LogP contribution in [-0.4, -0.2) is 32.8 Å². The van der Waals surface area contributed by atoms with E-state index >= 15 is 0 Å². The number of rotatable bonds is 4. The van der Waals surface area contributed by atoms with Crippen molar-refractivity contribution < 1.29 is 19.8 Å². The minimum Gasteiger partial charge on any atom is -0.508 e. The Labute approximate surface area is 177 Å². The largest absolute Gasteiger partial charge is 0.508 e. The lowest BCUT2D eigenvalue weighted by Gasteiger charge is -2.23. The van der Waals surface area contributed by atoms with Gasteiger partial charge in [0, 0.05) is 17.0 Å². The third kappa shape index (κ3) is 3.65. The lowest BCUT2D eigenvalue weighted by Crippen LogP contribution is -2.28. The van der Waals surface area contributed by atoms with Crippen molar-refractivity contribution in [1.82, 2.24) is 5.01 Å². The maximum Gasteiger partial charge on any atom is 0.336 e. The number of phenolic OH excluding ortho intramolecular Hbond substituents is 1. The number of hydrogen-bond donors (Lipinski definition) is 2. The second-order valence-electron chi connectivity index (χ2n) is 6.83. The molecule has 30 heavy (non-hydrogen) atoms. The van der Waals surface area contributed by atoms with Crippen molar-refractivity contribution in [3.05, 3.63) is 100 Å². The Morgan fingerprint density at radius 2 is 1.57 bits per heavy atom. The number of aromatic hydroxyl groups is 1. The van der Waals surface area contributed by atoms with Crippen LogP contribution in [-0.2, 0) is 0 Å². The van der Waals surface area contributed by atoms with Gasteiger partial charge in [0.2, 0.25) is 0 Å². The number of benzene rings is 3. The first kappa shape index (κ1) is 19.7. The number of phenols is 1. The van der Waals surface area contributed by atoms with Crippen molar-refractivity contribution in [2.24, 2.45) is 5.10 Å². The summed E-state index contributed by atoms with van der Waals surface area (Å²) in [6, 6.07) is 19.3. The van der Waals surface area contributed by atoms with E-state index in [4.69, 9.17) is 11.6 Å². The fourth-order valence-corrected chi connectivity index (χ4v) is 3.63. The molecule has 0 bridgehead atoms. The van der Waals surface area contributed by atoms with Crippen molar-refractivity contribution in [2.75, 3.05) is 0 Å². The molecule has 1 aliphatic rings. The van der Waals surface area contributed by atoms with Gasteiger partial charge in [-0.15, -0.1) is 0 Å². The normalized spacial score (nSPS) is 15.7. The van der Waals surface area contributed by atoms with Crippen molar-refractivity contribution in [3.63, 3.8) is 0 Å². The Hall–Kier alpha value is -3.64. The molecule has 0 saturated heterocycles. The van der Waals surface area contributed by atoms with E-state index in [0.29, 0.717) is 22.7 Å². The van der Waals surface area contributed by atoms with Gasteiger partial charge in [-0.2, -0.15) is 5.10 Å². The molecule has 4 rings (SSSR count). The maximum atomic E-state index is 13.4. The number of carbonyl (C=O) groups is 2. The third-order valence-electron chi connectivity index (χ3n) is 4.98. The number of hydrogen-bond acceptors (Lipinski definition) is 4. The second-order valence-corrected chi connectivity index (χ2v) is 7.27. The van der Waals surface area contributed by atoms with E-state index in [1.165, 1.54) is 17.1 Å². The number of aromatic carboxylic acids is 1. The van der Waals surface area contributed by atoms with Gasteiger partial charge in [-0.25, -0.2) is 9.80 Å². The molecule has 0 saturated carbocycles. The Balaban J connectivity index is 1.80. The van der Waals surface area contributed by atoms with Crippen LogP contribution in [0.15, 0.2) is 77.9 Å². The first-order chi connectivity index (χ1) is 14.5. The first-order valence-corrected chi connectivity index (χ1v) is 9.60. The molecule has 150 valence electrons. The zero-order valence-electron chi connectivity index (χ0n) is 15.7. The second kappa shape index (κ2) is 8.00. The molecule has 0 fully saturated rings. The van der Waals surface area contributed by atoms with E-state index < -0.39 is 17.9 Å². The molecule has 6 nitrogen and oxygen atoms in total. The van der Waals surface area contributed by atoms with Gasteiger partial charge in [-0.1, -0.05) is 54.1 Å². The molecule has 1 atom stereocenters. The number of nitrogens with zero attached hydrogens (tertiary/aromatic N) is 2. The minimum absolute atomic E-state index is 0.0338. The Bertz CT molecular complexity index is 1160. The third-order valence-corrected chi connectivity index (χ3v) is 5.23. The van der Waals surface area contributed by atoms with Gasteiger partial charge in [0.15, 0.2) is 0 Å². The molecular formula is C23H17ClN2O4. The van der Waals surface area contributed by atoms with Gasteiger partial charge in [0.1, 0.15) is 5.75 Å². The van der Waals surface area contributed by atoms with Crippen LogP contribution in [0.1, 0.15) is 44.3 Å². The zero-order valence-corrected chi connectivity index (χ0v) is 16.5. The van der Waals surface area contributed by atoms with Crippen molar-refractivity contribution in [1.29, 1.82) is 0 Å².